The average Bonchev–Trinajstić information content (AvgIpc) is 2.97. The molecule has 0 spiro atoms. The Morgan fingerprint density at radius 3 is 2.76 bits per heavy atom. The highest BCUT2D eigenvalue weighted by Crippen LogP contribution is 2.36. The van der Waals surface area contributed by atoms with Gasteiger partial charge in [0.05, 0.1) is 11.6 Å². The quantitative estimate of drug-likeness (QED) is 0.800. The summed E-state index contributed by atoms with van der Waals surface area (Å²) >= 11 is 0. The maximum atomic E-state index is 6.00. The molecule has 0 saturated carbocycles. The maximum Gasteiger partial charge on any atom is 0.128 e. The number of rotatable bonds is 8. The fraction of sp³-hybridized carbons (Fsp3) is 0.812. The average molecular weight is 295 g/mol. The zero-order chi connectivity index (χ0) is 15.1. The van der Waals surface area contributed by atoms with Crippen molar-refractivity contribution >= 4 is 0 Å². The number of nitrogens with zero attached hydrogens (tertiary/aromatic N) is 2. The number of hydrogen-bond acceptors (Lipinski definition) is 4. The smallest absolute Gasteiger partial charge is 0.128 e. The van der Waals surface area contributed by atoms with Crippen molar-refractivity contribution in [2.45, 2.75) is 57.7 Å². The van der Waals surface area contributed by atoms with Crippen molar-refractivity contribution < 1.29 is 9.47 Å². The SMILES string of the molecule is CCCNC(c1nccn1CCC)C1(OC)CCOCC1. The van der Waals surface area contributed by atoms with Gasteiger partial charge in [0.25, 0.3) is 0 Å². The van der Waals surface area contributed by atoms with Gasteiger partial charge in [0.15, 0.2) is 0 Å². The van der Waals surface area contributed by atoms with E-state index in [1.54, 1.807) is 0 Å². The standard InChI is InChI=1S/C16H29N3O2/c1-4-8-17-14(15-18-9-11-19(15)10-5-2)16(20-3)6-12-21-13-7-16/h9,11,14,17H,4-8,10,12-13H2,1-3H3. The Morgan fingerprint density at radius 1 is 1.38 bits per heavy atom. The molecular weight excluding hydrogens is 266 g/mol. The second kappa shape index (κ2) is 7.92. The lowest BCUT2D eigenvalue weighted by Crippen LogP contribution is -2.50. The first-order chi connectivity index (χ1) is 10.3. The van der Waals surface area contributed by atoms with Crippen LogP contribution in [-0.4, -0.2) is 42.0 Å². The fourth-order valence-electron chi connectivity index (χ4n) is 3.14. The van der Waals surface area contributed by atoms with Crippen LogP contribution in [0.25, 0.3) is 0 Å². The van der Waals surface area contributed by atoms with Crippen LogP contribution in [0, 0.1) is 0 Å². The van der Waals surface area contributed by atoms with Gasteiger partial charge < -0.3 is 19.4 Å². The van der Waals surface area contributed by atoms with E-state index in [1.165, 1.54) is 0 Å². The molecule has 0 radical (unpaired) electrons. The normalized spacial score (nSPS) is 19.6. The van der Waals surface area contributed by atoms with Gasteiger partial charge in [0.1, 0.15) is 5.82 Å². The summed E-state index contributed by atoms with van der Waals surface area (Å²) in [6, 6.07) is 0.118. The molecule has 21 heavy (non-hydrogen) atoms. The molecule has 0 aliphatic carbocycles. The summed E-state index contributed by atoms with van der Waals surface area (Å²) in [6.45, 7) is 7.86. The highest BCUT2D eigenvalue weighted by atomic mass is 16.5. The highest BCUT2D eigenvalue weighted by Gasteiger charge is 2.43. The molecule has 1 saturated heterocycles. The molecule has 0 aromatic carbocycles. The van der Waals surface area contributed by atoms with Crippen molar-refractivity contribution in [2.75, 3.05) is 26.9 Å². The highest BCUT2D eigenvalue weighted by molar-refractivity contribution is 5.09. The Hall–Kier alpha value is -0.910. The number of methoxy groups -OCH3 is 1. The van der Waals surface area contributed by atoms with Crippen LogP contribution in [0.4, 0.5) is 0 Å². The summed E-state index contributed by atoms with van der Waals surface area (Å²) in [4.78, 5) is 4.64. The van der Waals surface area contributed by atoms with Crippen molar-refractivity contribution in [2.24, 2.45) is 0 Å². The Bertz CT molecular complexity index is 413. The molecule has 1 unspecified atom stereocenters. The largest absolute Gasteiger partial charge is 0.381 e. The van der Waals surface area contributed by atoms with Gasteiger partial charge in [-0.15, -0.1) is 0 Å². The Kier molecular flexibility index (Phi) is 6.21. The fourth-order valence-corrected chi connectivity index (χ4v) is 3.14. The third-order valence-corrected chi connectivity index (χ3v) is 4.34. The van der Waals surface area contributed by atoms with E-state index >= 15 is 0 Å². The van der Waals surface area contributed by atoms with Gasteiger partial charge in [0, 0.05) is 52.1 Å². The van der Waals surface area contributed by atoms with Crippen molar-refractivity contribution in [1.82, 2.24) is 14.9 Å². The second-order valence-electron chi connectivity index (χ2n) is 5.75. The number of aryl methyl sites for hydroxylation is 1. The predicted molar refractivity (Wildman–Crippen MR) is 83.3 cm³/mol. The third-order valence-electron chi connectivity index (χ3n) is 4.34. The zero-order valence-electron chi connectivity index (χ0n) is 13.6. The van der Waals surface area contributed by atoms with E-state index < -0.39 is 0 Å². The Morgan fingerprint density at radius 2 is 2.14 bits per heavy atom. The minimum absolute atomic E-state index is 0.118. The molecule has 0 bridgehead atoms. The minimum Gasteiger partial charge on any atom is -0.381 e. The first-order valence-electron chi connectivity index (χ1n) is 8.14. The van der Waals surface area contributed by atoms with Gasteiger partial charge >= 0.3 is 0 Å². The minimum atomic E-state index is -0.218. The molecule has 2 rings (SSSR count). The molecule has 1 aliphatic heterocycles. The number of ether oxygens (including phenoxy) is 2. The summed E-state index contributed by atoms with van der Waals surface area (Å²) in [5, 5.41) is 3.67. The third kappa shape index (κ3) is 3.65. The van der Waals surface area contributed by atoms with Crippen LogP contribution >= 0.6 is 0 Å². The number of nitrogens with one attached hydrogen (secondary N) is 1. The molecule has 1 N–H and O–H groups in total. The van der Waals surface area contributed by atoms with Gasteiger partial charge in [-0.05, 0) is 19.4 Å². The maximum absolute atomic E-state index is 6.00. The summed E-state index contributed by atoms with van der Waals surface area (Å²) < 4.78 is 13.8. The Balaban J connectivity index is 2.29. The molecule has 1 aromatic rings. The van der Waals surface area contributed by atoms with Crippen LogP contribution in [-0.2, 0) is 16.0 Å². The van der Waals surface area contributed by atoms with E-state index in [1.807, 2.05) is 13.3 Å². The van der Waals surface area contributed by atoms with Gasteiger partial charge in [0.2, 0.25) is 0 Å². The van der Waals surface area contributed by atoms with Crippen molar-refractivity contribution in [3.05, 3.63) is 18.2 Å². The van der Waals surface area contributed by atoms with E-state index in [2.05, 4.69) is 34.9 Å². The van der Waals surface area contributed by atoms with Crippen LogP contribution in [0.2, 0.25) is 0 Å². The molecule has 1 atom stereocenters. The van der Waals surface area contributed by atoms with Gasteiger partial charge in [-0.25, -0.2) is 4.98 Å². The molecule has 1 fully saturated rings. The molecule has 1 aromatic heterocycles. The van der Waals surface area contributed by atoms with Gasteiger partial charge in [-0.3, -0.25) is 0 Å². The van der Waals surface area contributed by atoms with E-state index in [9.17, 15) is 0 Å². The summed E-state index contributed by atoms with van der Waals surface area (Å²) in [6.07, 6.45) is 7.98. The number of imidazole rings is 1. The van der Waals surface area contributed by atoms with Crippen molar-refractivity contribution in [3.63, 3.8) is 0 Å². The second-order valence-corrected chi connectivity index (χ2v) is 5.75. The zero-order valence-corrected chi connectivity index (χ0v) is 13.6. The number of aromatic nitrogens is 2. The van der Waals surface area contributed by atoms with Gasteiger partial charge in [-0.2, -0.15) is 0 Å². The summed E-state index contributed by atoms with van der Waals surface area (Å²) in [5.41, 5.74) is -0.218. The molecule has 5 nitrogen and oxygen atoms in total. The molecule has 2 heterocycles. The van der Waals surface area contributed by atoms with Crippen LogP contribution in [0.1, 0.15) is 51.4 Å². The monoisotopic (exact) mass is 295 g/mol. The van der Waals surface area contributed by atoms with Crippen LogP contribution in [0.5, 0.6) is 0 Å². The Labute approximate surface area is 128 Å². The molecular formula is C16H29N3O2. The molecule has 0 amide bonds. The summed E-state index contributed by atoms with van der Waals surface area (Å²) in [7, 11) is 1.82. The van der Waals surface area contributed by atoms with Crippen molar-refractivity contribution in [1.29, 1.82) is 0 Å². The molecule has 120 valence electrons. The number of hydrogen-bond donors (Lipinski definition) is 1. The topological polar surface area (TPSA) is 48.3 Å². The first kappa shape index (κ1) is 16.5. The molecule has 5 heteroatoms. The van der Waals surface area contributed by atoms with Crippen LogP contribution < -0.4 is 5.32 Å². The van der Waals surface area contributed by atoms with Gasteiger partial charge in [-0.1, -0.05) is 13.8 Å². The first-order valence-corrected chi connectivity index (χ1v) is 8.14. The van der Waals surface area contributed by atoms with E-state index in [4.69, 9.17) is 9.47 Å². The van der Waals surface area contributed by atoms with Crippen LogP contribution in [0.3, 0.4) is 0 Å². The predicted octanol–water partition coefficient (Wildman–Crippen LogP) is 2.53. The molecule has 1 aliphatic rings. The van der Waals surface area contributed by atoms with E-state index in [0.29, 0.717) is 0 Å². The van der Waals surface area contributed by atoms with E-state index in [0.717, 1.165) is 57.8 Å². The lowest BCUT2D eigenvalue weighted by molar-refractivity contribution is -0.113. The lowest BCUT2D eigenvalue weighted by Gasteiger charge is -2.42. The van der Waals surface area contributed by atoms with Crippen LogP contribution in [0.15, 0.2) is 12.4 Å². The van der Waals surface area contributed by atoms with Crippen molar-refractivity contribution in [3.8, 4) is 0 Å². The lowest BCUT2D eigenvalue weighted by atomic mass is 9.85. The summed E-state index contributed by atoms with van der Waals surface area (Å²) in [5.74, 6) is 1.09. The van der Waals surface area contributed by atoms with E-state index in [-0.39, 0.29) is 11.6 Å².